The number of rotatable bonds is 6. The molecule has 25 heavy (non-hydrogen) atoms. The molecule has 0 saturated heterocycles. The van der Waals surface area contributed by atoms with E-state index in [4.69, 9.17) is 14.2 Å². The van der Waals surface area contributed by atoms with Crippen LogP contribution in [0.5, 0.6) is 0 Å². The third-order valence-corrected chi connectivity index (χ3v) is 5.69. The van der Waals surface area contributed by atoms with Gasteiger partial charge in [-0.05, 0) is 56.9 Å². The van der Waals surface area contributed by atoms with Crippen molar-refractivity contribution in [2.24, 2.45) is 4.99 Å². The zero-order valence-corrected chi connectivity index (χ0v) is 17.4. The Morgan fingerprint density at radius 1 is 1.08 bits per heavy atom. The fourth-order valence-electron chi connectivity index (χ4n) is 2.50. The number of hydrogen-bond donors (Lipinski definition) is 0. The van der Waals surface area contributed by atoms with E-state index in [0.29, 0.717) is 20.0 Å². The monoisotopic (exact) mass is 401 g/mol. The maximum Gasteiger partial charge on any atom is 2.00 e. The molecule has 4 nitrogen and oxygen atoms in total. The van der Waals surface area contributed by atoms with Crippen LogP contribution in [0.25, 0.3) is 0 Å². The predicted molar refractivity (Wildman–Crippen MR) is 99.2 cm³/mol. The Kier molecular flexibility index (Phi) is 10.9. The molecule has 6 heteroatoms. The molecule has 136 valence electrons. The van der Waals surface area contributed by atoms with Gasteiger partial charge in [-0.3, -0.25) is 0 Å². The summed E-state index contributed by atoms with van der Waals surface area (Å²) in [5.74, 6) is 1.93. The molecule has 0 aromatic rings. The SMILES string of the molecule is COCOC[C@H]1COC([C]2[CH][CH][CH][C]2[Si](C)(C)C)=N1.[CH]1[CH][CH][CH][CH]1.[Fe+2]. The van der Waals surface area contributed by atoms with Crippen LogP contribution in [0.1, 0.15) is 0 Å². The smallest absolute Gasteiger partial charge is 0.478 e. The van der Waals surface area contributed by atoms with Crippen LogP contribution in [0.15, 0.2) is 4.99 Å². The summed E-state index contributed by atoms with van der Waals surface area (Å²) in [5.41, 5.74) is 1.41. The number of hydrogen-bond acceptors (Lipinski definition) is 4. The van der Waals surface area contributed by atoms with Crippen molar-refractivity contribution in [1.29, 1.82) is 0 Å². The molecule has 0 unspecified atom stereocenters. The summed E-state index contributed by atoms with van der Waals surface area (Å²) in [6, 6.07) is 0.0783. The number of methoxy groups -OCH3 is 1. The summed E-state index contributed by atoms with van der Waals surface area (Å²) in [5, 5.41) is 0. The molecule has 2 fully saturated rings. The van der Waals surface area contributed by atoms with E-state index in [1.165, 1.54) is 5.54 Å². The molecular weight excluding hydrogens is 374 g/mol. The van der Waals surface area contributed by atoms with E-state index in [1.54, 1.807) is 7.11 Å². The van der Waals surface area contributed by atoms with Crippen molar-refractivity contribution in [1.82, 2.24) is 0 Å². The van der Waals surface area contributed by atoms with Gasteiger partial charge >= 0.3 is 17.1 Å². The van der Waals surface area contributed by atoms with Crippen molar-refractivity contribution < 1.29 is 31.3 Å². The molecule has 0 bridgehead atoms. The zero-order chi connectivity index (χ0) is 17.4. The average molecular weight is 401 g/mol. The number of aliphatic imine (C=N–C) groups is 1. The van der Waals surface area contributed by atoms with Gasteiger partial charge in [-0.2, -0.15) is 0 Å². The van der Waals surface area contributed by atoms with Crippen molar-refractivity contribution in [2.45, 2.75) is 25.7 Å². The van der Waals surface area contributed by atoms with Crippen LogP contribution in [-0.4, -0.2) is 47.1 Å². The van der Waals surface area contributed by atoms with E-state index in [-0.39, 0.29) is 23.1 Å². The molecule has 1 atom stereocenters. The molecule has 1 aliphatic heterocycles. The third-order valence-electron chi connectivity index (χ3n) is 3.63. The number of ether oxygens (including phenoxy) is 3. The summed E-state index contributed by atoms with van der Waals surface area (Å²) in [7, 11) is 0.257. The van der Waals surface area contributed by atoms with Gasteiger partial charge in [-0.1, -0.05) is 19.6 Å². The molecule has 2 saturated carbocycles. The third kappa shape index (κ3) is 7.72. The Labute approximate surface area is 166 Å². The van der Waals surface area contributed by atoms with Gasteiger partial charge in [0.05, 0.1) is 20.6 Å². The molecule has 0 N–H and O–H groups in total. The van der Waals surface area contributed by atoms with Crippen molar-refractivity contribution in [3.63, 3.8) is 0 Å². The van der Waals surface area contributed by atoms with Gasteiger partial charge in [0, 0.05) is 7.11 Å². The van der Waals surface area contributed by atoms with Crippen molar-refractivity contribution in [2.75, 3.05) is 27.1 Å². The van der Waals surface area contributed by atoms with Gasteiger partial charge in [0.1, 0.15) is 19.4 Å². The average Bonchev–Trinajstić information content (AvgIpc) is 3.28. The molecule has 3 rings (SSSR count). The minimum absolute atomic E-state index is 0. The molecule has 10 radical (unpaired) electrons. The molecule has 3 aliphatic rings. The van der Waals surface area contributed by atoms with Gasteiger partial charge < -0.3 is 14.2 Å². The van der Waals surface area contributed by atoms with Crippen LogP contribution in [-0.2, 0) is 31.3 Å². The standard InChI is InChI=1S/C14H22NO3Si.C5H5.Fe/c1-16-10-17-8-11-9-18-14(15-11)12-6-5-7-13(12)19(2,3)4;1-2-4-5-3-1;/h5-7,11H,8-10H2,1-4H3;1-5H;/q;;+2/t11-;;/m0../s1. The van der Waals surface area contributed by atoms with Crippen molar-refractivity contribution in [3.8, 4) is 0 Å². The molecule has 0 aromatic heterocycles. The fraction of sp³-hybridized carbons (Fsp3) is 0.421. The molecule has 0 spiro atoms. The van der Waals surface area contributed by atoms with Gasteiger partial charge in [0.2, 0.25) is 0 Å². The molecule has 1 heterocycles. The molecular formula is C19H27FeNO3Si+2. The minimum Gasteiger partial charge on any atom is -0.478 e. The van der Waals surface area contributed by atoms with E-state index in [0.717, 1.165) is 11.8 Å². The largest absolute Gasteiger partial charge is 2.00 e. The Morgan fingerprint density at radius 2 is 1.72 bits per heavy atom. The Morgan fingerprint density at radius 3 is 2.28 bits per heavy atom. The summed E-state index contributed by atoms with van der Waals surface area (Å²) < 4.78 is 15.9. The quantitative estimate of drug-likeness (QED) is 0.390. The predicted octanol–water partition coefficient (Wildman–Crippen LogP) is 3.08. The van der Waals surface area contributed by atoms with Crippen LogP contribution < -0.4 is 0 Å². The van der Waals surface area contributed by atoms with E-state index < -0.39 is 8.07 Å². The van der Waals surface area contributed by atoms with Crippen LogP contribution in [0.4, 0.5) is 0 Å². The fourth-order valence-corrected chi connectivity index (χ4v) is 4.09. The minimum atomic E-state index is -1.36. The first-order valence-corrected chi connectivity index (χ1v) is 11.7. The van der Waals surface area contributed by atoms with E-state index in [9.17, 15) is 0 Å². The van der Waals surface area contributed by atoms with Crippen LogP contribution in [0.2, 0.25) is 19.6 Å². The topological polar surface area (TPSA) is 40.0 Å². The Bertz CT molecular complexity index is 389. The van der Waals surface area contributed by atoms with Crippen LogP contribution in [0, 0.1) is 62.8 Å². The van der Waals surface area contributed by atoms with E-state index in [1.807, 2.05) is 32.1 Å². The van der Waals surface area contributed by atoms with Crippen molar-refractivity contribution >= 4 is 14.0 Å². The van der Waals surface area contributed by atoms with E-state index >= 15 is 0 Å². The Balaban J connectivity index is 0.000000448. The van der Waals surface area contributed by atoms with Gasteiger partial charge in [-0.25, -0.2) is 4.99 Å². The summed E-state index contributed by atoms with van der Waals surface area (Å²) in [6.07, 6.45) is 16.4. The second kappa shape index (κ2) is 11.8. The molecule has 0 aromatic carbocycles. The zero-order valence-electron chi connectivity index (χ0n) is 15.3. The molecule has 0 amide bonds. The first-order chi connectivity index (χ1) is 11.5. The maximum atomic E-state index is 5.73. The van der Waals surface area contributed by atoms with Crippen molar-refractivity contribution in [3.05, 3.63) is 62.8 Å². The first kappa shape index (κ1) is 23.2. The first-order valence-electron chi connectivity index (χ1n) is 8.23. The summed E-state index contributed by atoms with van der Waals surface area (Å²) >= 11 is 0. The van der Waals surface area contributed by atoms with Crippen LogP contribution in [0.3, 0.4) is 0 Å². The van der Waals surface area contributed by atoms with Crippen LogP contribution >= 0.6 is 0 Å². The van der Waals surface area contributed by atoms with Gasteiger partial charge in [0.25, 0.3) is 0 Å². The second-order valence-electron chi connectivity index (χ2n) is 6.74. The van der Waals surface area contributed by atoms with Gasteiger partial charge in [-0.15, -0.1) is 0 Å². The molecule has 2 aliphatic carbocycles. The summed E-state index contributed by atoms with van der Waals surface area (Å²) in [4.78, 5) is 4.61. The summed E-state index contributed by atoms with van der Waals surface area (Å²) in [6.45, 7) is 8.44. The normalized spacial score (nSPS) is 24.3. The second-order valence-corrected chi connectivity index (χ2v) is 11.8. The van der Waals surface area contributed by atoms with Gasteiger partial charge in [0.15, 0.2) is 5.90 Å². The maximum absolute atomic E-state index is 5.73. The van der Waals surface area contributed by atoms with E-state index in [2.05, 4.69) is 43.9 Å². The number of nitrogens with zero attached hydrogens (tertiary/aromatic N) is 1. The Hall–Kier alpha value is 0.126.